The monoisotopic (exact) mass is 493 g/mol. The third kappa shape index (κ3) is 4.40. The van der Waals surface area contributed by atoms with Crippen LogP contribution in [0.1, 0.15) is 64.1 Å². The van der Waals surface area contributed by atoms with Crippen molar-refractivity contribution in [2.24, 2.45) is 0 Å². The van der Waals surface area contributed by atoms with Gasteiger partial charge in [0, 0.05) is 11.6 Å². The number of hydrogen-bond acceptors (Lipinski definition) is 6. The predicted octanol–water partition coefficient (Wildman–Crippen LogP) is 4.35. The molecule has 1 unspecified atom stereocenters. The van der Waals surface area contributed by atoms with Gasteiger partial charge in [0.05, 0.1) is 39.8 Å². The normalized spacial score (nSPS) is 20.1. The molecule has 0 bridgehead atoms. The number of aryl methyl sites for hydroxylation is 1. The highest BCUT2D eigenvalue weighted by molar-refractivity contribution is 7.91. The van der Waals surface area contributed by atoms with Gasteiger partial charge >= 0.3 is 12.1 Å². The fourth-order valence-corrected chi connectivity index (χ4v) is 6.06. The van der Waals surface area contributed by atoms with Crippen LogP contribution in [0.3, 0.4) is 0 Å². The van der Waals surface area contributed by atoms with Gasteiger partial charge in [-0.3, -0.25) is 0 Å². The van der Waals surface area contributed by atoms with Crippen LogP contribution in [-0.4, -0.2) is 40.7 Å². The second-order valence-corrected chi connectivity index (χ2v) is 11.2. The summed E-state index contributed by atoms with van der Waals surface area (Å²) in [6, 6.07) is 5.95. The number of ether oxygens (including phenoxy) is 1. The van der Waals surface area contributed by atoms with E-state index in [9.17, 15) is 26.4 Å². The molecule has 5 rings (SSSR count). The highest BCUT2D eigenvalue weighted by atomic mass is 32.2. The Kier molecular flexibility index (Phi) is 5.42. The second-order valence-electron chi connectivity index (χ2n) is 8.93. The van der Waals surface area contributed by atoms with E-state index in [1.807, 2.05) is 0 Å². The lowest BCUT2D eigenvalue weighted by Gasteiger charge is -2.12. The number of carbonyl (C=O) groups is 1. The number of fused-ring (bicyclic) bond motifs is 1. The van der Waals surface area contributed by atoms with Gasteiger partial charge in [0.15, 0.2) is 15.5 Å². The fourth-order valence-electron chi connectivity index (χ4n) is 4.37. The van der Waals surface area contributed by atoms with Crippen molar-refractivity contribution in [2.45, 2.75) is 50.9 Å². The van der Waals surface area contributed by atoms with Gasteiger partial charge in [-0.05, 0) is 49.9 Å². The summed E-state index contributed by atoms with van der Waals surface area (Å²) in [6.07, 6.45) is -2.20. The number of benzene rings is 1. The van der Waals surface area contributed by atoms with Crippen molar-refractivity contribution in [1.29, 1.82) is 0 Å². The van der Waals surface area contributed by atoms with E-state index in [1.165, 1.54) is 12.1 Å². The zero-order chi connectivity index (χ0) is 24.3. The molecule has 7 nitrogen and oxygen atoms in total. The topological polar surface area (TPSA) is 91.1 Å². The zero-order valence-electron chi connectivity index (χ0n) is 18.3. The Bertz CT molecular complexity index is 1390. The van der Waals surface area contributed by atoms with Gasteiger partial charge in [-0.25, -0.2) is 22.9 Å². The lowest BCUT2D eigenvalue weighted by molar-refractivity contribution is -0.137. The zero-order valence-corrected chi connectivity index (χ0v) is 19.1. The van der Waals surface area contributed by atoms with Crippen LogP contribution in [0.4, 0.5) is 13.2 Å². The Labute approximate surface area is 193 Å². The van der Waals surface area contributed by atoms with Gasteiger partial charge in [0.1, 0.15) is 6.61 Å². The molecule has 3 aromatic rings. The Hall–Kier alpha value is -2.95. The van der Waals surface area contributed by atoms with E-state index in [1.54, 1.807) is 17.7 Å². The number of hydrogen-bond donors (Lipinski definition) is 0. The molecule has 2 aliphatic rings. The summed E-state index contributed by atoms with van der Waals surface area (Å²) in [5, 5.41) is 4.99. The molecular weight excluding hydrogens is 471 g/mol. The molecule has 34 heavy (non-hydrogen) atoms. The maximum atomic E-state index is 13.1. The summed E-state index contributed by atoms with van der Waals surface area (Å²) in [6.45, 7) is 1.39. The van der Waals surface area contributed by atoms with Crippen molar-refractivity contribution in [3.8, 4) is 0 Å². The Morgan fingerprint density at radius 3 is 2.62 bits per heavy atom. The molecule has 1 saturated carbocycles. The van der Waals surface area contributed by atoms with E-state index in [4.69, 9.17) is 9.72 Å². The molecule has 0 spiro atoms. The summed E-state index contributed by atoms with van der Waals surface area (Å²) in [5.41, 5.74) is 1.31. The number of aromatic nitrogens is 3. The number of sulfone groups is 1. The molecule has 11 heteroatoms. The van der Waals surface area contributed by atoms with Gasteiger partial charge in [0.25, 0.3) is 0 Å². The molecule has 0 radical (unpaired) electrons. The van der Waals surface area contributed by atoms with Gasteiger partial charge in [-0.15, -0.1) is 0 Å². The molecule has 1 atom stereocenters. The van der Waals surface area contributed by atoms with E-state index in [0.717, 1.165) is 25.0 Å². The van der Waals surface area contributed by atoms with Crippen molar-refractivity contribution >= 4 is 26.8 Å². The minimum Gasteiger partial charge on any atom is -0.457 e. The summed E-state index contributed by atoms with van der Waals surface area (Å²) >= 11 is 0. The van der Waals surface area contributed by atoms with Crippen LogP contribution in [0.15, 0.2) is 30.3 Å². The lowest BCUT2D eigenvalue weighted by atomic mass is 10.1. The van der Waals surface area contributed by atoms with Crippen LogP contribution in [0, 0.1) is 6.92 Å². The summed E-state index contributed by atoms with van der Waals surface area (Å²) in [7, 11) is -3.16. The largest absolute Gasteiger partial charge is 0.457 e. The Morgan fingerprint density at radius 2 is 1.97 bits per heavy atom. The molecule has 2 fully saturated rings. The molecular formula is C23H22F3N3O4S. The third-order valence-electron chi connectivity index (χ3n) is 6.25. The number of carbonyl (C=O) groups excluding carboxylic acids is 1. The quantitative estimate of drug-likeness (QED) is 0.491. The molecule has 0 amide bonds. The molecule has 3 heterocycles. The molecule has 1 aromatic carbocycles. The first-order valence-corrected chi connectivity index (χ1v) is 12.8. The maximum absolute atomic E-state index is 13.1. The van der Waals surface area contributed by atoms with Crippen molar-refractivity contribution < 1.29 is 31.1 Å². The molecule has 1 aliphatic heterocycles. The number of rotatable bonds is 5. The van der Waals surface area contributed by atoms with Gasteiger partial charge in [-0.1, -0.05) is 12.1 Å². The number of pyridine rings is 1. The van der Waals surface area contributed by atoms with Crippen LogP contribution in [-0.2, 0) is 27.4 Å². The fraction of sp³-hybridized carbons (Fsp3) is 0.435. The van der Waals surface area contributed by atoms with Gasteiger partial charge < -0.3 is 4.74 Å². The van der Waals surface area contributed by atoms with Gasteiger partial charge in [-0.2, -0.15) is 18.3 Å². The van der Waals surface area contributed by atoms with Gasteiger partial charge in [0.2, 0.25) is 0 Å². The van der Waals surface area contributed by atoms with E-state index >= 15 is 0 Å². The SMILES string of the molecule is Cc1nn(C2CCS(=O)(=O)C2)c2nc(C3CC3)cc(C(=O)OCc3cccc(C(F)(F)F)c3)c12. The number of halogens is 3. The van der Waals surface area contributed by atoms with E-state index in [0.29, 0.717) is 28.8 Å². The summed E-state index contributed by atoms with van der Waals surface area (Å²) in [5.74, 6) is -0.441. The Balaban J connectivity index is 1.48. The summed E-state index contributed by atoms with van der Waals surface area (Å²) < 4.78 is 70.0. The van der Waals surface area contributed by atoms with E-state index in [-0.39, 0.29) is 41.2 Å². The third-order valence-corrected chi connectivity index (χ3v) is 8.00. The predicted molar refractivity (Wildman–Crippen MR) is 117 cm³/mol. The molecule has 180 valence electrons. The first-order chi connectivity index (χ1) is 16.0. The van der Waals surface area contributed by atoms with E-state index < -0.39 is 27.5 Å². The maximum Gasteiger partial charge on any atom is 0.416 e. The lowest BCUT2D eigenvalue weighted by Crippen LogP contribution is -2.14. The average molecular weight is 494 g/mol. The Morgan fingerprint density at radius 1 is 1.21 bits per heavy atom. The van der Waals surface area contributed by atoms with Crippen molar-refractivity contribution in [1.82, 2.24) is 14.8 Å². The number of alkyl halides is 3. The van der Waals surface area contributed by atoms with Crippen molar-refractivity contribution in [3.05, 3.63) is 58.4 Å². The van der Waals surface area contributed by atoms with E-state index in [2.05, 4.69) is 5.10 Å². The smallest absolute Gasteiger partial charge is 0.416 e. The highest BCUT2D eigenvalue weighted by Gasteiger charge is 2.34. The molecule has 1 saturated heterocycles. The van der Waals surface area contributed by atoms with Crippen LogP contribution >= 0.6 is 0 Å². The second kappa shape index (κ2) is 8.07. The van der Waals surface area contributed by atoms with Crippen LogP contribution in [0.25, 0.3) is 11.0 Å². The number of esters is 1. The van der Waals surface area contributed by atoms with Crippen LogP contribution < -0.4 is 0 Å². The molecule has 2 aromatic heterocycles. The van der Waals surface area contributed by atoms with Crippen molar-refractivity contribution in [3.63, 3.8) is 0 Å². The van der Waals surface area contributed by atoms with Crippen molar-refractivity contribution in [2.75, 3.05) is 11.5 Å². The summed E-state index contributed by atoms with van der Waals surface area (Å²) in [4.78, 5) is 17.8. The standard InChI is InChI=1S/C23H22F3N3O4S/c1-13-20-18(22(30)33-11-14-3-2-4-16(9-14)23(24,25)26)10-19(15-5-6-15)27-21(20)29(28-13)17-7-8-34(31,32)12-17/h2-4,9-10,15,17H,5-8,11-12H2,1H3. The number of nitrogens with zero attached hydrogens (tertiary/aromatic N) is 3. The molecule has 1 aliphatic carbocycles. The molecule has 0 N–H and O–H groups in total. The minimum absolute atomic E-state index is 0.0338. The highest BCUT2D eigenvalue weighted by Crippen LogP contribution is 2.41. The first kappa shape index (κ1) is 22.8. The van der Waals surface area contributed by atoms with Crippen LogP contribution in [0.5, 0.6) is 0 Å². The van der Waals surface area contributed by atoms with Crippen LogP contribution in [0.2, 0.25) is 0 Å². The average Bonchev–Trinajstić information content (AvgIpc) is 3.50. The minimum atomic E-state index is -4.49. The first-order valence-electron chi connectivity index (χ1n) is 11.0.